The van der Waals surface area contributed by atoms with Crippen molar-refractivity contribution in [2.24, 2.45) is 12.1 Å². The molecule has 4 rings (SSSR count). The number of hydrazone groups is 1. The van der Waals surface area contributed by atoms with Crippen LogP contribution in [0.2, 0.25) is 0 Å². The van der Waals surface area contributed by atoms with Crippen molar-refractivity contribution < 1.29 is 4.74 Å². The van der Waals surface area contributed by atoms with Gasteiger partial charge in [-0.15, -0.1) is 0 Å². The molecule has 0 aliphatic carbocycles. The van der Waals surface area contributed by atoms with Crippen LogP contribution in [0.1, 0.15) is 18.9 Å². The number of hydrogen-bond acceptors (Lipinski definition) is 6. The van der Waals surface area contributed by atoms with Crippen molar-refractivity contribution in [3.8, 4) is 17.1 Å². The Morgan fingerprint density at radius 1 is 1.14 bits per heavy atom. The van der Waals surface area contributed by atoms with Gasteiger partial charge < -0.3 is 4.74 Å². The summed E-state index contributed by atoms with van der Waals surface area (Å²) in [5.74, 6) is 1.37. The van der Waals surface area contributed by atoms with Gasteiger partial charge >= 0.3 is 0 Å². The Balaban J connectivity index is 1.51. The molecule has 7 nitrogen and oxygen atoms in total. The molecule has 0 bridgehead atoms. The number of ether oxygens (including phenoxy) is 1. The maximum atomic E-state index is 5.41. The van der Waals surface area contributed by atoms with Gasteiger partial charge in [0.15, 0.2) is 11.6 Å². The zero-order chi connectivity index (χ0) is 19.3. The summed E-state index contributed by atoms with van der Waals surface area (Å²) in [6.45, 7) is 2.54. The molecular formula is C21H22N6O. The monoisotopic (exact) mass is 374 g/mol. The van der Waals surface area contributed by atoms with Gasteiger partial charge in [-0.1, -0.05) is 24.3 Å². The van der Waals surface area contributed by atoms with E-state index in [1.165, 1.54) is 5.56 Å². The molecule has 0 unspecified atom stereocenters. The van der Waals surface area contributed by atoms with Gasteiger partial charge in [0.25, 0.3) is 0 Å². The fourth-order valence-electron chi connectivity index (χ4n) is 3.06. The van der Waals surface area contributed by atoms with Crippen molar-refractivity contribution in [1.82, 2.24) is 19.7 Å². The zero-order valence-corrected chi connectivity index (χ0v) is 16.0. The quantitative estimate of drug-likeness (QED) is 0.659. The van der Waals surface area contributed by atoms with E-state index in [9.17, 15) is 0 Å². The fourth-order valence-corrected chi connectivity index (χ4v) is 3.06. The van der Waals surface area contributed by atoms with E-state index >= 15 is 0 Å². The molecular weight excluding hydrogens is 352 g/mol. The summed E-state index contributed by atoms with van der Waals surface area (Å²) < 4.78 is 7.18. The van der Waals surface area contributed by atoms with Gasteiger partial charge in [0.2, 0.25) is 0 Å². The molecule has 0 spiro atoms. The van der Waals surface area contributed by atoms with Crippen LogP contribution in [0.25, 0.3) is 11.4 Å². The molecule has 0 radical (unpaired) electrons. The van der Waals surface area contributed by atoms with Crippen molar-refractivity contribution in [1.29, 1.82) is 0 Å². The van der Waals surface area contributed by atoms with Crippen LogP contribution in [0.5, 0.6) is 5.75 Å². The topological polar surface area (TPSA) is 68.4 Å². The number of benzene rings is 1. The molecule has 0 fully saturated rings. The van der Waals surface area contributed by atoms with Gasteiger partial charge in [-0.05, 0) is 18.6 Å². The lowest BCUT2D eigenvalue weighted by molar-refractivity contribution is 0.337. The molecule has 1 aromatic carbocycles. The number of nitrogens with zero attached hydrogens (tertiary/aromatic N) is 6. The largest absolute Gasteiger partial charge is 0.491 e. The summed E-state index contributed by atoms with van der Waals surface area (Å²) in [7, 11) is 1.90. The highest BCUT2D eigenvalue weighted by Gasteiger charge is 2.12. The van der Waals surface area contributed by atoms with Crippen LogP contribution >= 0.6 is 0 Å². The smallest absolute Gasteiger partial charge is 0.159 e. The van der Waals surface area contributed by atoms with Crippen molar-refractivity contribution >= 4 is 11.4 Å². The number of anilines is 1. The van der Waals surface area contributed by atoms with E-state index in [1.54, 1.807) is 23.3 Å². The number of aryl methyl sites for hydroxylation is 1. The highest BCUT2D eigenvalue weighted by atomic mass is 16.5. The first-order valence-electron chi connectivity index (χ1n) is 9.26. The molecule has 28 heavy (non-hydrogen) atoms. The molecule has 0 amide bonds. The van der Waals surface area contributed by atoms with Gasteiger partial charge in [-0.2, -0.15) is 10.2 Å². The van der Waals surface area contributed by atoms with Crippen LogP contribution in [0.4, 0.5) is 5.69 Å². The number of allylic oxidation sites excluding steroid dienone is 1. The van der Waals surface area contributed by atoms with Crippen LogP contribution in [0, 0.1) is 0 Å². The minimum absolute atomic E-state index is 0.602. The fraction of sp³-hybridized carbons (Fsp3) is 0.238. The van der Waals surface area contributed by atoms with Crippen LogP contribution in [-0.4, -0.2) is 32.1 Å². The first kappa shape index (κ1) is 17.9. The summed E-state index contributed by atoms with van der Waals surface area (Å²) in [6, 6.07) is 8.27. The molecule has 3 heterocycles. The Bertz CT molecular complexity index is 1010. The molecule has 1 aliphatic heterocycles. The number of hydrogen-bond donors (Lipinski definition) is 0. The second-order valence-electron chi connectivity index (χ2n) is 6.52. The molecule has 2 aromatic heterocycles. The molecule has 142 valence electrons. The van der Waals surface area contributed by atoms with E-state index < -0.39 is 0 Å². The number of aromatic nitrogens is 4. The third kappa shape index (κ3) is 4.09. The Hall–Kier alpha value is -3.48. The van der Waals surface area contributed by atoms with Gasteiger partial charge in [-0.25, -0.2) is 15.0 Å². The van der Waals surface area contributed by atoms with E-state index in [2.05, 4.69) is 33.3 Å². The molecule has 0 atom stereocenters. The predicted molar refractivity (Wildman–Crippen MR) is 109 cm³/mol. The van der Waals surface area contributed by atoms with Crippen molar-refractivity contribution in [2.45, 2.75) is 19.8 Å². The minimum Gasteiger partial charge on any atom is -0.491 e. The summed E-state index contributed by atoms with van der Waals surface area (Å²) in [6.07, 6.45) is 12.9. The SMILES string of the molecule is CCOc1cnc(-c2cccc(CC3=NN(c4cnn(C)c4)C=CC3)c2)nc1. The highest BCUT2D eigenvalue weighted by Crippen LogP contribution is 2.21. The van der Waals surface area contributed by atoms with Crippen LogP contribution in [-0.2, 0) is 13.5 Å². The van der Waals surface area contributed by atoms with E-state index in [0.29, 0.717) is 18.2 Å². The summed E-state index contributed by atoms with van der Waals surface area (Å²) in [5, 5.41) is 10.8. The Labute approximate surface area is 164 Å². The number of rotatable bonds is 6. The third-order valence-electron chi connectivity index (χ3n) is 4.34. The lowest BCUT2D eigenvalue weighted by Gasteiger charge is -2.18. The van der Waals surface area contributed by atoms with E-state index in [0.717, 1.165) is 29.8 Å². The van der Waals surface area contributed by atoms with Crippen molar-refractivity contribution in [3.63, 3.8) is 0 Å². The van der Waals surface area contributed by atoms with Crippen LogP contribution < -0.4 is 9.75 Å². The average Bonchev–Trinajstić information content (AvgIpc) is 3.16. The second kappa shape index (κ2) is 8.04. The maximum absolute atomic E-state index is 5.41. The highest BCUT2D eigenvalue weighted by molar-refractivity contribution is 5.89. The summed E-state index contributed by atoms with van der Waals surface area (Å²) in [5.41, 5.74) is 4.20. The van der Waals surface area contributed by atoms with Crippen LogP contribution in [0.15, 0.2) is 66.4 Å². The van der Waals surface area contributed by atoms with Gasteiger partial charge in [0.05, 0.1) is 31.4 Å². The summed E-state index contributed by atoms with van der Waals surface area (Å²) >= 11 is 0. The van der Waals surface area contributed by atoms with Gasteiger partial charge in [0.1, 0.15) is 5.69 Å². The van der Waals surface area contributed by atoms with Crippen LogP contribution in [0.3, 0.4) is 0 Å². The maximum Gasteiger partial charge on any atom is 0.159 e. The molecule has 7 heteroatoms. The Morgan fingerprint density at radius 2 is 2.00 bits per heavy atom. The average molecular weight is 374 g/mol. The molecule has 3 aromatic rings. The Morgan fingerprint density at radius 3 is 2.75 bits per heavy atom. The van der Waals surface area contributed by atoms with Gasteiger partial charge in [0, 0.05) is 37.4 Å². The molecule has 0 saturated carbocycles. The Kier molecular flexibility index (Phi) is 5.14. The standard InChI is InChI=1S/C21H22N6O/c1-3-28-20-13-22-21(23-14-20)17-7-4-6-16(10-17)11-18-8-5-9-27(25-18)19-12-24-26(2)15-19/h4-7,9-10,12-15H,3,8,11H2,1-2H3. The van der Waals surface area contributed by atoms with Crippen molar-refractivity contribution in [2.75, 3.05) is 11.6 Å². The molecule has 1 aliphatic rings. The van der Waals surface area contributed by atoms with Crippen molar-refractivity contribution in [3.05, 3.63) is 66.9 Å². The summed E-state index contributed by atoms with van der Waals surface area (Å²) in [4.78, 5) is 8.83. The lowest BCUT2D eigenvalue weighted by Crippen LogP contribution is -2.17. The van der Waals surface area contributed by atoms with E-state index in [-0.39, 0.29) is 0 Å². The normalized spacial score (nSPS) is 13.5. The lowest BCUT2D eigenvalue weighted by atomic mass is 10.0. The molecule has 0 N–H and O–H groups in total. The first-order valence-corrected chi connectivity index (χ1v) is 9.26. The predicted octanol–water partition coefficient (Wildman–Crippen LogP) is 3.60. The zero-order valence-electron chi connectivity index (χ0n) is 16.0. The first-order chi connectivity index (χ1) is 13.7. The van der Waals surface area contributed by atoms with E-state index in [1.807, 2.05) is 43.5 Å². The minimum atomic E-state index is 0.602. The van der Waals surface area contributed by atoms with Gasteiger partial charge in [-0.3, -0.25) is 4.68 Å². The second-order valence-corrected chi connectivity index (χ2v) is 6.52. The molecule has 0 saturated heterocycles. The third-order valence-corrected chi connectivity index (χ3v) is 4.34. The van der Waals surface area contributed by atoms with E-state index in [4.69, 9.17) is 9.84 Å².